The monoisotopic (exact) mass is 901 g/mol. The van der Waals surface area contributed by atoms with Crippen molar-refractivity contribution < 1.29 is 27.3 Å². The molecule has 0 aliphatic rings. The van der Waals surface area contributed by atoms with Crippen LogP contribution >= 0.6 is 0 Å². The van der Waals surface area contributed by atoms with Gasteiger partial charge in [0.15, 0.2) is 16.6 Å². The highest BCUT2D eigenvalue weighted by Gasteiger charge is 2.45. The van der Waals surface area contributed by atoms with Crippen molar-refractivity contribution in [3.63, 3.8) is 0 Å². The predicted octanol–water partition coefficient (Wildman–Crippen LogP) is 14.8. The molecule has 1 heterocycles. The number of halogens is 1. The molecular weight excluding hydrogens is 824 g/mol. The Balaban J connectivity index is 1.94. The van der Waals surface area contributed by atoms with Gasteiger partial charge in [0.05, 0.1) is 23.8 Å². The first-order valence-corrected chi connectivity index (χ1v) is 31.2. The number of aromatic nitrogens is 1. The summed E-state index contributed by atoms with van der Waals surface area (Å²) in [6.45, 7) is 37.8. The Labute approximate surface area is 376 Å². The van der Waals surface area contributed by atoms with E-state index in [1.54, 1.807) is 12.1 Å². The van der Waals surface area contributed by atoms with E-state index in [1.165, 1.54) is 12.1 Å². The Kier molecular flexibility index (Phi) is 16.2. The normalized spacial score (nSPS) is 14.2. The smallest absolute Gasteiger partial charge is 0.295 e. The standard InChI is InChI=1S/C51H77FN2O5Si3/c1-36(2)46-45(48(56)53-40-26-22-19-23-27-40)44(37-24-20-18-21-25-37)47(38-28-30-39(52)31-29-38)54(46)33-32-41(57-60(12,13)49(3,4)5)34-42(58-61(14,15)50(6,7)8)35-43(55)59-62(16,17)51(9,10)11/h18-31,36,41-42H,32-35H2,1-17H3,(H,53,56)/t41-,42+/m1/s1. The van der Waals surface area contributed by atoms with Crippen LogP contribution in [-0.4, -0.2) is 53.6 Å². The molecule has 0 bridgehead atoms. The minimum atomic E-state index is -2.39. The summed E-state index contributed by atoms with van der Waals surface area (Å²) in [6.07, 6.45) is 0.498. The fourth-order valence-electron chi connectivity index (χ4n) is 7.02. The van der Waals surface area contributed by atoms with E-state index in [1.807, 2.05) is 60.7 Å². The van der Waals surface area contributed by atoms with E-state index < -0.39 is 31.1 Å². The molecule has 1 aromatic heterocycles. The van der Waals surface area contributed by atoms with Crippen LogP contribution in [0.1, 0.15) is 117 Å². The third-order valence-corrected chi connectivity index (χ3v) is 27.0. The van der Waals surface area contributed by atoms with Crippen molar-refractivity contribution in [1.82, 2.24) is 4.57 Å². The predicted molar refractivity (Wildman–Crippen MR) is 265 cm³/mol. The highest BCUT2D eigenvalue weighted by molar-refractivity contribution is 6.75. The number of para-hydroxylation sites is 1. The average Bonchev–Trinajstić information content (AvgIpc) is 3.48. The van der Waals surface area contributed by atoms with Gasteiger partial charge in [-0.25, -0.2) is 4.39 Å². The van der Waals surface area contributed by atoms with Gasteiger partial charge in [0.25, 0.3) is 20.2 Å². The van der Waals surface area contributed by atoms with Crippen LogP contribution in [0.3, 0.4) is 0 Å². The molecule has 3 aromatic carbocycles. The highest BCUT2D eigenvalue weighted by Crippen LogP contribution is 2.45. The zero-order valence-electron chi connectivity index (χ0n) is 41.0. The molecule has 0 spiro atoms. The lowest BCUT2D eigenvalue weighted by Gasteiger charge is -2.43. The maximum atomic E-state index is 14.8. The molecule has 0 saturated heterocycles. The minimum Gasteiger partial charge on any atom is -0.519 e. The number of carbonyl (C=O) groups is 2. The van der Waals surface area contributed by atoms with Gasteiger partial charge >= 0.3 is 0 Å². The number of amides is 1. The molecule has 0 fully saturated rings. The van der Waals surface area contributed by atoms with Crippen LogP contribution in [0.2, 0.25) is 54.4 Å². The lowest BCUT2D eigenvalue weighted by Crippen LogP contribution is -2.48. The number of nitrogens with zero attached hydrogens (tertiary/aromatic N) is 1. The van der Waals surface area contributed by atoms with Gasteiger partial charge in [-0.15, -0.1) is 0 Å². The largest absolute Gasteiger partial charge is 0.519 e. The molecule has 11 heteroatoms. The van der Waals surface area contributed by atoms with E-state index in [0.717, 1.165) is 28.1 Å². The van der Waals surface area contributed by atoms with Gasteiger partial charge in [0.2, 0.25) is 0 Å². The lowest BCUT2D eigenvalue weighted by molar-refractivity contribution is -0.137. The molecule has 1 amide bonds. The zero-order chi connectivity index (χ0) is 46.6. The molecule has 4 aromatic rings. The van der Waals surface area contributed by atoms with Crippen LogP contribution in [0.4, 0.5) is 10.1 Å². The third kappa shape index (κ3) is 12.6. The topological polar surface area (TPSA) is 78.8 Å². The fraction of sp³-hybridized carbons (Fsp3) is 0.529. The SMILES string of the molecule is CC(C)c1c(C(=O)Nc2ccccc2)c(-c2ccccc2)c(-c2ccc(F)cc2)n1CC[C@H](C[C@@H](CC(=O)O[Si](C)(C)C(C)(C)C)O[Si](C)(C)C(C)(C)C)O[Si](C)(C)C(C)(C)C. The molecule has 0 unspecified atom stereocenters. The van der Waals surface area contributed by atoms with Crippen LogP contribution in [0.5, 0.6) is 0 Å². The molecule has 0 radical (unpaired) electrons. The van der Waals surface area contributed by atoms with E-state index in [9.17, 15) is 14.0 Å². The average molecular weight is 901 g/mol. The summed E-state index contributed by atoms with van der Waals surface area (Å²) in [5.74, 6) is -0.832. The number of anilines is 1. The van der Waals surface area contributed by atoms with E-state index in [-0.39, 0.29) is 51.3 Å². The molecule has 0 aliphatic heterocycles. The zero-order valence-corrected chi connectivity index (χ0v) is 44.0. The van der Waals surface area contributed by atoms with E-state index in [4.69, 9.17) is 13.3 Å². The number of hydrogen-bond donors (Lipinski definition) is 1. The molecule has 1 N–H and O–H groups in total. The highest BCUT2D eigenvalue weighted by atomic mass is 28.4. The van der Waals surface area contributed by atoms with E-state index >= 15 is 0 Å². The Hall–Kier alpha value is -3.62. The molecule has 2 atom stereocenters. The summed E-state index contributed by atoms with van der Waals surface area (Å²) in [5, 5.41) is 2.90. The Bertz CT molecular complexity index is 2110. The minimum absolute atomic E-state index is 0.0669. The quantitative estimate of drug-likeness (QED) is 0.107. The number of carbonyl (C=O) groups excluding carboxylic acids is 2. The maximum Gasteiger partial charge on any atom is 0.295 e. The van der Waals surface area contributed by atoms with Gasteiger partial charge in [-0.05, 0) is 121 Å². The first-order chi connectivity index (χ1) is 28.5. The molecular formula is C51H77FN2O5Si3. The molecule has 0 aliphatic carbocycles. The van der Waals surface area contributed by atoms with Gasteiger partial charge in [-0.3, -0.25) is 9.59 Å². The van der Waals surface area contributed by atoms with Gasteiger partial charge in [0.1, 0.15) is 5.82 Å². The van der Waals surface area contributed by atoms with Crippen LogP contribution in [-0.2, 0) is 24.6 Å². The van der Waals surface area contributed by atoms with Crippen molar-refractivity contribution in [3.05, 3.63) is 102 Å². The van der Waals surface area contributed by atoms with Gasteiger partial charge in [-0.1, -0.05) is 125 Å². The van der Waals surface area contributed by atoms with Crippen molar-refractivity contribution in [1.29, 1.82) is 0 Å². The first-order valence-electron chi connectivity index (χ1n) is 22.5. The van der Waals surface area contributed by atoms with Crippen LogP contribution in [0.25, 0.3) is 22.4 Å². The number of hydrogen-bond acceptors (Lipinski definition) is 5. The van der Waals surface area contributed by atoms with Gasteiger partial charge in [-0.2, -0.15) is 0 Å². The maximum absolute atomic E-state index is 14.8. The van der Waals surface area contributed by atoms with Gasteiger partial charge in [0, 0.05) is 29.6 Å². The summed E-state index contributed by atoms with van der Waals surface area (Å²) in [5.41, 5.74) is 5.51. The molecule has 4 rings (SSSR count). The Morgan fingerprint density at radius 1 is 0.661 bits per heavy atom. The van der Waals surface area contributed by atoms with Gasteiger partial charge < -0.3 is 23.2 Å². The number of nitrogens with one attached hydrogen (secondary N) is 1. The van der Waals surface area contributed by atoms with Crippen molar-refractivity contribution in [2.24, 2.45) is 0 Å². The first kappa shape index (κ1) is 51.0. The van der Waals surface area contributed by atoms with Crippen LogP contribution in [0.15, 0.2) is 84.9 Å². The van der Waals surface area contributed by atoms with Crippen LogP contribution in [0, 0.1) is 5.82 Å². The molecule has 0 saturated carbocycles. The van der Waals surface area contributed by atoms with Crippen molar-refractivity contribution in [2.45, 2.75) is 174 Å². The summed E-state index contributed by atoms with van der Waals surface area (Å²) in [6, 6.07) is 26.1. The summed E-state index contributed by atoms with van der Waals surface area (Å²) >= 11 is 0. The second kappa shape index (κ2) is 19.6. The van der Waals surface area contributed by atoms with Crippen molar-refractivity contribution in [2.75, 3.05) is 5.32 Å². The van der Waals surface area contributed by atoms with Crippen molar-refractivity contribution in [3.8, 4) is 22.4 Å². The number of rotatable bonds is 17. The third-order valence-electron chi connectivity index (χ3n) is 13.6. The fourth-order valence-corrected chi connectivity index (χ4v) is 10.8. The Morgan fingerprint density at radius 3 is 1.63 bits per heavy atom. The molecule has 62 heavy (non-hydrogen) atoms. The second-order valence-corrected chi connectivity index (χ2v) is 36.2. The molecule has 7 nitrogen and oxygen atoms in total. The van der Waals surface area contributed by atoms with Crippen molar-refractivity contribution >= 4 is 42.5 Å². The van der Waals surface area contributed by atoms with E-state index in [0.29, 0.717) is 30.6 Å². The van der Waals surface area contributed by atoms with Crippen LogP contribution < -0.4 is 5.32 Å². The lowest BCUT2D eigenvalue weighted by atomic mass is 9.94. The van der Waals surface area contributed by atoms with E-state index in [2.05, 4.69) is 125 Å². The summed E-state index contributed by atoms with van der Waals surface area (Å²) in [7, 11) is -7.14. The number of benzene rings is 3. The Morgan fingerprint density at radius 2 is 1.15 bits per heavy atom. The summed E-state index contributed by atoms with van der Waals surface area (Å²) < 4.78 is 37.9. The molecule has 340 valence electrons. The second-order valence-electron chi connectivity index (χ2n) is 21.9. The summed E-state index contributed by atoms with van der Waals surface area (Å²) in [4.78, 5) is 28.8.